The lowest BCUT2D eigenvalue weighted by atomic mass is 9.97. The number of amides is 2. The van der Waals surface area contributed by atoms with Crippen LogP contribution in [0.25, 0.3) is 0 Å². The summed E-state index contributed by atoms with van der Waals surface area (Å²) in [6, 6.07) is 22.8. The fraction of sp³-hybridized carbons (Fsp3) is 0.0909. The molecule has 3 N–H and O–H groups in total. The molecule has 0 aliphatic carbocycles. The van der Waals surface area contributed by atoms with E-state index >= 15 is 0 Å². The Balaban J connectivity index is 1.66. The van der Waals surface area contributed by atoms with Gasteiger partial charge in [-0.2, -0.15) is 0 Å². The van der Waals surface area contributed by atoms with Gasteiger partial charge < -0.3 is 10.1 Å². The molecule has 0 spiro atoms. The number of carbonyl (C=O) groups excluding carboxylic acids is 2. The van der Waals surface area contributed by atoms with E-state index in [0.29, 0.717) is 22.2 Å². The fourth-order valence-corrected chi connectivity index (χ4v) is 2.83. The van der Waals surface area contributed by atoms with Crippen LogP contribution in [0, 0.1) is 5.92 Å². The molecule has 6 nitrogen and oxygen atoms in total. The average Bonchev–Trinajstić information content (AvgIpc) is 2.75. The molecule has 7 heteroatoms. The van der Waals surface area contributed by atoms with Gasteiger partial charge >= 0.3 is 0 Å². The number of hydrogen-bond acceptors (Lipinski definition) is 4. The average molecular weight is 411 g/mol. The first-order chi connectivity index (χ1) is 14.0. The van der Waals surface area contributed by atoms with Crippen molar-refractivity contribution in [2.24, 2.45) is 5.92 Å². The molecule has 0 aliphatic heterocycles. The van der Waals surface area contributed by atoms with Crippen molar-refractivity contribution in [3.05, 3.63) is 89.4 Å². The molecule has 3 aromatic carbocycles. The van der Waals surface area contributed by atoms with E-state index in [1.807, 2.05) is 30.3 Å². The van der Waals surface area contributed by atoms with E-state index in [0.717, 1.165) is 5.56 Å². The van der Waals surface area contributed by atoms with Gasteiger partial charge in [0, 0.05) is 10.7 Å². The number of anilines is 1. The largest absolute Gasteiger partial charge is 0.457 e. The Hall–Kier alpha value is -3.35. The van der Waals surface area contributed by atoms with Crippen molar-refractivity contribution in [2.75, 3.05) is 5.32 Å². The number of carbonyl (C=O) groups is 2. The van der Waals surface area contributed by atoms with E-state index in [1.165, 1.54) is 0 Å². The molecular formula is C22H19ClN2O4. The van der Waals surface area contributed by atoms with Gasteiger partial charge in [0.2, 0.25) is 5.91 Å². The van der Waals surface area contributed by atoms with Crippen LogP contribution in [0.4, 0.5) is 5.69 Å². The summed E-state index contributed by atoms with van der Waals surface area (Å²) in [4.78, 5) is 24.6. The van der Waals surface area contributed by atoms with Gasteiger partial charge in [-0.1, -0.05) is 41.9 Å². The van der Waals surface area contributed by atoms with Gasteiger partial charge in [-0.05, 0) is 60.5 Å². The molecule has 0 aliphatic rings. The minimum absolute atomic E-state index is 0.164. The van der Waals surface area contributed by atoms with Crippen LogP contribution in [0.5, 0.6) is 11.5 Å². The normalized spacial score (nSPS) is 11.4. The van der Waals surface area contributed by atoms with Crippen molar-refractivity contribution in [1.82, 2.24) is 5.48 Å². The molecule has 0 radical (unpaired) electrons. The standard InChI is InChI=1S/C22H19ClN2O4/c23-16-6-10-18(11-7-16)29-19-12-8-17(9-13-19)24-21(26)20(22(27)25-28)14-15-4-2-1-3-5-15/h1-13,20,28H,14H2,(H,24,26)(H,25,27). The second kappa shape index (κ2) is 9.73. The number of ether oxygens (including phenoxy) is 1. The number of nitrogens with one attached hydrogen (secondary N) is 2. The maximum atomic E-state index is 12.6. The summed E-state index contributed by atoms with van der Waals surface area (Å²) in [7, 11) is 0. The van der Waals surface area contributed by atoms with Crippen molar-refractivity contribution in [2.45, 2.75) is 6.42 Å². The number of benzene rings is 3. The van der Waals surface area contributed by atoms with Gasteiger partial charge in [-0.25, -0.2) is 5.48 Å². The molecule has 1 atom stereocenters. The molecular weight excluding hydrogens is 392 g/mol. The highest BCUT2D eigenvalue weighted by Crippen LogP contribution is 2.24. The van der Waals surface area contributed by atoms with Crippen LogP contribution >= 0.6 is 11.6 Å². The van der Waals surface area contributed by atoms with E-state index in [4.69, 9.17) is 21.5 Å². The third-order valence-electron chi connectivity index (χ3n) is 4.20. The fourth-order valence-electron chi connectivity index (χ4n) is 2.71. The van der Waals surface area contributed by atoms with E-state index in [1.54, 1.807) is 54.0 Å². The van der Waals surface area contributed by atoms with E-state index in [2.05, 4.69) is 5.32 Å². The number of hydroxylamine groups is 1. The maximum Gasteiger partial charge on any atom is 0.256 e. The van der Waals surface area contributed by atoms with Crippen LogP contribution in [-0.4, -0.2) is 17.0 Å². The third-order valence-corrected chi connectivity index (χ3v) is 4.45. The zero-order chi connectivity index (χ0) is 20.6. The van der Waals surface area contributed by atoms with Gasteiger partial charge in [0.05, 0.1) is 0 Å². The van der Waals surface area contributed by atoms with E-state index in [-0.39, 0.29) is 6.42 Å². The molecule has 0 bridgehead atoms. The lowest BCUT2D eigenvalue weighted by molar-refractivity contribution is -0.138. The molecule has 0 saturated heterocycles. The summed E-state index contributed by atoms with van der Waals surface area (Å²) < 4.78 is 5.71. The maximum absolute atomic E-state index is 12.6. The summed E-state index contributed by atoms with van der Waals surface area (Å²) >= 11 is 5.85. The molecule has 0 fully saturated rings. The Kier molecular flexibility index (Phi) is 6.84. The molecule has 3 rings (SSSR count). The van der Waals surface area contributed by atoms with Crippen molar-refractivity contribution in [3.8, 4) is 11.5 Å². The topological polar surface area (TPSA) is 87.7 Å². The third kappa shape index (κ3) is 5.81. The van der Waals surface area contributed by atoms with Crippen LogP contribution in [0.3, 0.4) is 0 Å². The van der Waals surface area contributed by atoms with Crippen LogP contribution in [-0.2, 0) is 16.0 Å². The van der Waals surface area contributed by atoms with Crippen LogP contribution < -0.4 is 15.5 Å². The summed E-state index contributed by atoms with van der Waals surface area (Å²) in [5.41, 5.74) is 2.87. The van der Waals surface area contributed by atoms with Gasteiger partial charge in [0.15, 0.2) is 0 Å². The Morgan fingerprint density at radius 1 is 0.862 bits per heavy atom. The highest BCUT2D eigenvalue weighted by Gasteiger charge is 2.26. The number of rotatable bonds is 7. The minimum Gasteiger partial charge on any atom is -0.457 e. The molecule has 0 saturated carbocycles. The number of halogens is 1. The number of hydrogen-bond donors (Lipinski definition) is 3. The van der Waals surface area contributed by atoms with Gasteiger partial charge in [-0.3, -0.25) is 14.8 Å². The second-order valence-corrected chi connectivity index (χ2v) is 6.72. The minimum atomic E-state index is -1.08. The Labute approximate surface area is 173 Å². The van der Waals surface area contributed by atoms with Crippen molar-refractivity contribution in [3.63, 3.8) is 0 Å². The van der Waals surface area contributed by atoms with Crippen LogP contribution in [0.15, 0.2) is 78.9 Å². The predicted molar refractivity (Wildman–Crippen MR) is 110 cm³/mol. The SMILES string of the molecule is O=C(NO)C(Cc1ccccc1)C(=O)Nc1ccc(Oc2ccc(Cl)cc2)cc1. The molecule has 148 valence electrons. The first-order valence-electron chi connectivity index (χ1n) is 8.87. The molecule has 3 aromatic rings. The van der Waals surface area contributed by atoms with E-state index < -0.39 is 17.7 Å². The molecule has 0 heterocycles. The lowest BCUT2D eigenvalue weighted by Gasteiger charge is -2.15. The first-order valence-corrected chi connectivity index (χ1v) is 9.25. The monoisotopic (exact) mass is 410 g/mol. The highest BCUT2D eigenvalue weighted by atomic mass is 35.5. The van der Waals surface area contributed by atoms with Gasteiger partial charge in [-0.15, -0.1) is 0 Å². The Morgan fingerprint density at radius 2 is 1.45 bits per heavy atom. The predicted octanol–water partition coefficient (Wildman–Crippen LogP) is 4.44. The zero-order valence-corrected chi connectivity index (χ0v) is 16.1. The highest BCUT2D eigenvalue weighted by molar-refractivity contribution is 6.30. The Morgan fingerprint density at radius 3 is 2.03 bits per heavy atom. The summed E-state index contributed by atoms with van der Waals surface area (Å²) in [5, 5.41) is 12.3. The van der Waals surface area contributed by atoms with Crippen molar-refractivity contribution < 1.29 is 19.5 Å². The van der Waals surface area contributed by atoms with Gasteiger partial charge in [0.1, 0.15) is 17.4 Å². The second-order valence-electron chi connectivity index (χ2n) is 6.29. The lowest BCUT2D eigenvalue weighted by Crippen LogP contribution is -2.38. The van der Waals surface area contributed by atoms with Gasteiger partial charge in [0.25, 0.3) is 5.91 Å². The smallest absolute Gasteiger partial charge is 0.256 e. The summed E-state index contributed by atoms with van der Waals surface area (Å²) in [5.74, 6) is -1.15. The first kappa shape index (κ1) is 20.4. The summed E-state index contributed by atoms with van der Waals surface area (Å²) in [6.07, 6.45) is 0.164. The van der Waals surface area contributed by atoms with Crippen LogP contribution in [0.2, 0.25) is 5.02 Å². The molecule has 0 aromatic heterocycles. The van der Waals surface area contributed by atoms with Crippen LogP contribution in [0.1, 0.15) is 5.56 Å². The summed E-state index contributed by atoms with van der Waals surface area (Å²) in [6.45, 7) is 0. The Bertz CT molecular complexity index is 960. The molecule has 2 amide bonds. The van der Waals surface area contributed by atoms with Crippen molar-refractivity contribution in [1.29, 1.82) is 0 Å². The van der Waals surface area contributed by atoms with E-state index in [9.17, 15) is 9.59 Å². The quantitative estimate of drug-likeness (QED) is 0.305. The molecule has 29 heavy (non-hydrogen) atoms. The molecule has 1 unspecified atom stereocenters. The zero-order valence-electron chi connectivity index (χ0n) is 15.3. The van der Waals surface area contributed by atoms with Crippen molar-refractivity contribution >= 4 is 29.1 Å².